The Kier molecular flexibility index (Phi) is 9.83. The lowest BCUT2D eigenvalue weighted by molar-refractivity contribution is -0.131. The van der Waals surface area contributed by atoms with Crippen molar-refractivity contribution in [3.63, 3.8) is 0 Å². The van der Waals surface area contributed by atoms with Gasteiger partial charge in [-0.1, -0.05) is 25.5 Å². The summed E-state index contributed by atoms with van der Waals surface area (Å²) in [5, 5.41) is 0. The van der Waals surface area contributed by atoms with E-state index in [4.69, 9.17) is 0 Å². The van der Waals surface area contributed by atoms with Crippen molar-refractivity contribution >= 4 is 6.47 Å². The Balaban J connectivity index is 0.000000366. The van der Waals surface area contributed by atoms with Gasteiger partial charge < -0.3 is 4.74 Å². The van der Waals surface area contributed by atoms with Crippen LogP contribution in [0.1, 0.15) is 46.5 Å². The number of nitrogens with zero attached hydrogens (tertiary/aromatic N) is 1. The zero-order chi connectivity index (χ0) is 13.1. The first-order chi connectivity index (χ1) is 8.11. The Labute approximate surface area is 106 Å². The molecule has 3 nitrogen and oxygen atoms in total. The van der Waals surface area contributed by atoms with Gasteiger partial charge in [0.05, 0.1) is 6.10 Å². The summed E-state index contributed by atoms with van der Waals surface area (Å²) in [6, 6.07) is 0.726. The van der Waals surface area contributed by atoms with Crippen LogP contribution in [0.2, 0.25) is 0 Å². The fourth-order valence-corrected chi connectivity index (χ4v) is 1.75. The van der Waals surface area contributed by atoms with Crippen LogP contribution in [0.5, 0.6) is 0 Å². The molecular formula is C14H27NO2. The third-order valence-electron chi connectivity index (χ3n) is 2.75. The van der Waals surface area contributed by atoms with Crippen LogP contribution >= 0.6 is 0 Å². The summed E-state index contributed by atoms with van der Waals surface area (Å²) in [5.41, 5.74) is 0. The first kappa shape index (κ1) is 16.2. The molecule has 0 saturated carbocycles. The molecule has 0 bridgehead atoms. The number of hydrogen-bond acceptors (Lipinski definition) is 3. The summed E-state index contributed by atoms with van der Waals surface area (Å²) in [6.45, 7) is 7.52. The van der Waals surface area contributed by atoms with Gasteiger partial charge in [-0.3, -0.25) is 9.69 Å². The third-order valence-corrected chi connectivity index (χ3v) is 2.75. The Bertz CT molecular complexity index is 214. The third kappa shape index (κ3) is 8.93. The SMILES string of the molecule is CC(C)OC=O.CC/C=C/C1CCCCN1C. The van der Waals surface area contributed by atoms with E-state index in [1.165, 1.54) is 32.2 Å². The molecule has 0 aliphatic carbocycles. The van der Waals surface area contributed by atoms with Crippen molar-refractivity contribution in [2.45, 2.75) is 58.6 Å². The molecule has 0 amide bonds. The number of allylic oxidation sites excluding steroid dienone is 1. The molecule has 0 N–H and O–H groups in total. The number of ether oxygens (including phenoxy) is 1. The lowest BCUT2D eigenvalue weighted by atomic mass is 10.0. The second-order valence-electron chi connectivity index (χ2n) is 4.66. The van der Waals surface area contributed by atoms with Crippen LogP contribution in [0.4, 0.5) is 0 Å². The number of likely N-dealkylation sites (tertiary alicyclic amines) is 1. The summed E-state index contributed by atoms with van der Waals surface area (Å²) in [7, 11) is 2.23. The normalized spacial score (nSPS) is 21.1. The van der Waals surface area contributed by atoms with Crippen LogP contribution in [-0.4, -0.2) is 37.1 Å². The Morgan fingerprint density at radius 1 is 1.41 bits per heavy atom. The Morgan fingerprint density at radius 2 is 2.12 bits per heavy atom. The van der Waals surface area contributed by atoms with E-state index in [9.17, 15) is 4.79 Å². The van der Waals surface area contributed by atoms with Crippen molar-refractivity contribution in [3.05, 3.63) is 12.2 Å². The number of piperidine rings is 1. The zero-order valence-corrected chi connectivity index (χ0v) is 11.7. The van der Waals surface area contributed by atoms with Crippen molar-refractivity contribution in [2.75, 3.05) is 13.6 Å². The van der Waals surface area contributed by atoms with Crippen molar-refractivity contribution in [2.24, 2.45) is 0 Å². The summed E-state index contributed by atoms with van der Waals surface area (Å²) >= 11 is 0. The van der Waals surface area contributed by atoms with E-state index in [1.807, 2.05) is 0 Å². The van der Waals surface area contributed by atoms with Gasteiger partial charge in [-0.05, 0) is 46.7 Å². The molecular weight excluding hydrogens is 214 g/mol. The second-order valence-corrected chi connectivity index (χ2v) is 4.66. The van der Waals surface area contributed by atoms with Crippen molar-refractivity contribution in [1.82, 2.24) is 4.90 Å². The van der Waals surface area contributed by atoms with Crippen LogP contribution in [0.3, 0.4) is 0 Å². The molecule has 1 heterocycles. The highest BCUT2D eigenvalue weighted by Crippen LogP contribution is 2.15. The van der Waals surface area contributed by atoms with Gasteiger partial charge in [-0.15, -0.1) is 0 Å². The van der Waals surface area contributed by atoms with Crippen LogP contribution in [0, 0.1) is 0 Å². The smallest absolute Gasteiger partial charge is 0.293 e. The van der Waals surface area contributed by atoms with Crippen molar-refractivity contribution < 1.29 is 9.53 Å². The molecule has 0 radical (unpaired) electrons. The molecule has 1 unspecified atom stereocenters. The van der Waals surface area contributed by atoms with Crippen LogP contribution in [0.25, 0.3) is 0 Å². The fourth-order valence-electron chi connectivity index (χ4n) is 1.75. The summed E-state index contributed by atoms with van der Waals surface area (Å²) in [6.07, 6.45) is 9.99. The maximum Gasteiger partial charge on any atom is 0.293 e. The lowest BCUT2D eigenvalue weighted by Crippen LogP contribution is -2.34. The zero-order valence-electron chi connectivity index (χ0n) is 11.7. The molecule has 17 heavy (non-hydrogen) atoms. The Hall–Kier alpha value is -0.830. The van der Waals surface area contributed by atoms with E-state index < -0.39 is 0 Å². The minimum absolute atomic E-state index is 0.0301. The number of carbonyl (C=O) groups excluding carboxylic acids is 1. The maximum absolute atomic E-state index is 9.39. The lowest BCUT2D eigenvalue weighted by Gasteiger charge is -2.30. The van der Waals surface area contributed by atoms with E-state index in [2.05, 4.69) is 35.8 Å². The molecule has 3 heteroatoms. The molecule has 0 aromatic heterocycles. The molecule has 1 saturated heterocycles. The number of carbonyl (C=O) groups is 1. The van der Waals surface area contributed by atoms with E-state index in [0.717, 1.165) is 6.04 Å². The Morgan fingerprint density at radius 3 is 2.53 bits per heavy atom. The predicted molar refractivity (Wildman–Crippen MR) is 72.0 cm³/mol. The van der Waals surface area contributed by atoms with Crippen LogP contribution in [0.15, 0.2) is 12.2 Å². The summed E-state index contributed by atoms with van der Waals surface area (Å²) in [5.74, 6) is 0. The van der Waals surface area contributed by atoms with Gasteiger partial charge in [0.25, 0.3) is 6.47 Å². The molecule has 1 atom stereocenters. The predicted octanol–water partition coefficient (Wildman–Crippen LogP) is 3.00. The monoisotopic (exact) mass is 241 g/mol. The van der Waals surface area contributed by atoms with Gasteiger partial charge in [-0.2, -0.15) is 0 Å². The standard InChI is InChI=1S/C10H19N.C4H8O2/c1-3-4-7-10-8-5-6-9-11(10)2;1-4(2)6-3-5/h4,7,10H,3,5-6,8-9H2,1-2H3;3-4H,1-2H3/b7-4+;. The van der Waals surface area contributed by atoms with Crippen LogP contribution in [-0.2, 0) is 9.53 Å². The van der Waals surface area contributed by atoms with Gasteiger partial charge in [0, 0.05) is 6.04 Å². The average Bonchev–Trinajstić information content (AvgIpc) is 2.29. The average molecular weight is 241 g/mol. The van der Waals surface area contributed by atoms with Crippen molar-refractivity contribution in [3.8, 4) is 0 Å². The van der Waals surface area contributed by atoms with E-state index in [1.54, 1.807) is 13.8 Å². The van der Waals surface area contributed by atoms with Gasteiger partial charge in [0.15, 0.2) is 0 Å². The molecule has 1 rings (SSSR count). The summed E-state index contributed by atoms with van der Waals surface area (Å²) < 4.78 is 4.36. The number of hydrogen-bond donors (Lipinski definition) is 0. The first-order valence-corrected chi connectivity index (χ1v) is 6.57. The number of likely N-dealkylation sites (N-methyl/N-ethyl adjacent to an activating group) is 1. The molecule has 0 aromatic rings. The quantitative estimate of drug-likeness (QED) is 0.560. The second kappa shape index (κ2) is 10.3. The van der Waals surface area contributed by atoms with E-state index in [0.29, 0.717) is 6.47 Å². The van der Waals surface area contributed by atoms with Crippen LogP contribution < -0.4 is 0 Å². The molecule has 0 spiro atoms. The van der Waals surface area contributed by atoms with Gasteiger partial charge in [-0.25, -0.2) is 0 Å². The van der Waals surface area contributed by atoms with E-state index >= 15 is 0 Å². The minimum Gasteiger partial charge on any atom is -0.465 e. The molecule has 100 valence electrons. The maximum atomic E-state index is 9.39. The highest BCUT2D eigenvalue weighted by Gasteiger charge is 2.14. The van der Waals surface area contributed by atoms with Gasteiger partial charge in [0.1, 0.15) is 0 Å². The molecule has 1 aliphatic heterocycles. The fraction of sp³-hybridized carbons (Fsp3) is 0.786. The first-order valence-electron chi connectivity index (χ1n) is 6.57. The molecule has 1 aliphatic rings. The molecule has 0 aromatic carbocycles. The topological polar surface area (TPSA) is 29.5 Å². The highest BCUT2D eigenvalue weighted by molar-refractivity contribution is 5.37. The molecule has 1 fully saturated rings. The van der Waals surface area contributed by atoms with Crippen molar-refractivity contribution in [1.29, 1.82) is 0 Å². The van der Waals surface area contributed by atoms with E-state index in [-0.39, 0.29) is 6.10 Å². The minimum atomic E-state index is 0.0301. The summed E-state index contributed by atoms with van der Waals surface area (Å²) in [4.78, 5) is 11.8. The largest absolute Gasteiger partial charge is 0.465 e. The van der Waals surface area contributed by atoms with Gasteiger partial charge >= 0.3 is 0 Å². The van der Waals surface area contributed by atoms with Gasteiger partial charge in [0.2, 0.25) is 0 Å². The number of rotatable bonds is 4. The highest BCUT2D eigenvalue weighted by atomic mass is 16.5.